The van der Waals surface area contributed by atoms with Crippen molar-refractivity contribution in [2.75, 3.05) is 0 Å². The highest BCUT2D eigenvalue weighted by Gasteiger charge is 2.52. The highest BCUT2D eigenvalue weighted by molar-refractivity contribution is 5.80. The number of aliphatic carboxylic acids is 1. The predicted molar refractivity (Wildman–Crippen MR) is 91.7 cm³/mol. The molecule has 2 aliphatic carbocycles. The second-order valence-corrected chi connectivity index (χ2v) is 8.21. The van der Waals surface area contributed by atoms with Crippen LogP contribution in [-0.4, -0.2) is 11.1 Å². The smallest absolute Gasteiger partial charge is 0.328 e. The largest absolute Gasteiger partial charge is 0.478 e. The first kappa shape index (κ1) is 17.3. The third-order valence-corrected chi connectivity index (χ3v) is 7.02. The van der Waals surface area contributed by atoms with Crippen molar-refractivity contribution in [3.63, 3.8) is 0 Å². The van der Waals surface area contributed by atoms with Crippen LogP contribution >= 0.6 is 0 Å². The van der Waals surface area contributed by atoms with Gasteiger partial charge in [-0.1, -0.05) is 38.0 Å². The van der Waals surface area contributed by atoms with Gasteiger partial charge in [0.2, 0.25) is 0 Å². The Labute approximate surface area is 135 Å². The number of hydrogen-bond acceptors (Lipinski definition) is 1. The van der Waals surface area contributed by atoms with Crippen LogP contribution in [0.5, 0.6) is 0 Å². The molecule has 0 aromatic rings. The normalized spacial score (nSPS) is 39.1. The first-order valence-electron chi connectivity index (χ1n) is 8.77. The molecule has 0 spiro atoms. The number of hydrogen-bond donors (Lipinski definition) is 1. The first-order chi connectivity index (χ1) is 10.2. The van der Waals surface area contributed by atoms with Crippen LogP contribution in [-0.2, 0) is 4.79 Å². The van der Waals surface area contributed by atoms with E-state index in [1.165, 1.54) is 31.8 Å². The molecule has 0 aromatic heterocycles. The van der Waals surface area contributed by atoms with Gasteiger partial charge in [-0.15, -0.1) is 0 Å². The summed E-state index contributed by atoms with van der Waals surface area (Å²) in [7, 11) is 0. The molecule has 2 aliphatic rings. The Bertz CT molecular complexity index is 502. The molecule has 0 saturated heterocycles. The van der Waals surface area contributed by atoms with Crippen LogP contribution in [0.1, 0.15) is 73.1 Å². The standard InChI is InChI=1S/C20H32O2/c1-14(13-18(21)22)9-11-19(4)16(3)10-12-20(5)15(2)7-6-8-17(19)20/h7,13,16-17H,6,8-12H2,1-5H3,(H,21,22)/b14-13+/t16-,17-,19+,20-/m0/s1. The van der Waals surface area contributed by atoms with Gasteiger partial charge in [-0.05, 0) is 75.0 Å². The molecule has 0 aromatic carbocycles. The van der Waals surface area contributed by atoms with Crippen molar-refractivity contribution in [2.45, 2.75) is 73.1 Å². The summed E-state index contributed by atoms with van der Waals surface area (Å²) in [5.41, 5.74) is 3.25. The van der Waals surface area contributed by atoms with E-state index in [9.17, 15) is 4.79 Å². The summed E-state index contributed by atoms with van der Waals surface area (Å²) in [5, 5.41) is 8.92. The van der Waals surface area contributed by atoms with Crippen molar-refractivity contribution in [2.24, 2.45) is 22.7 Å². The fourth-order valence-electron chi connectivity index (χ4n) is 5.08. The Kier molecular flexibility index (Phi) is 4.89. The van der Waals surface area contributed by atoms with E-state index < -0.39 is 5.97 Å². The Morgan fingerprint density at radius 1 is 1.41 bits per heavy atom. The van der Waals surface area contributed by atoms with Crippen molar-refractivity contribution >= 4 is 5.97 Å². The summed E-state index contributed by atoms with van der Waals surface area (Å²) in [4.78, 5) is 10.8. The van der Waals surface area contributed by atoms with Gasteiger partial charge in [0.1, 0.15) is 0 Å². The van der Waals surface area contributed by atoms with E-state index in [0.717, 1.165) is 24.3 Å². The van der Waals surface area contributed by atoms with Gasteiger partial charge in [-0.2, -0.15) is 0 Å². The third kappa shape index (κ3) is 3.02. The molecular weight excluding hydrogens is 272 g/mol. The Hall–Kier alpha value is -1.05. The fraction of sp³-hybridized carbons (Fsp3) is 0.750. The maximum absolute atomic E-state index is 10.8. The van der Waals surface area contributed by atoms with E-state index in [1.807, 2.05) is 6.92 Å². The molecule has 1 saturated carbocycles. The highest BCUT2D eigenvalue weighted by atomic mass is 16.4. The van der Waals surface area contributed by atoms with Crippen molar-refractivity contribution in [3.05, 3.63) is 23.3 Å². The van der Waals surface area contributed by atoms with E-state index in [1.54, 1.807) is 5.57 Å². The van der Waals surface area contributed by atoms with Crippen LogP contribution in [0, 0.1) is 22.7 Å². The maximum atomic E-state index is 10.8. The molecule has 0 heterocycles. The van der Waals surface area contributed by atoms with Crippen LogP contribution in [0.2, 0.25) is 0 Å². The van der Waals surface area contributed by atoms with E-state index in [-0.39, 0.29) is 0 Å². The van der Waals surface area contributed by atoms with Gasteiger partial charge in [0.25, 0.3) is 0 Å². The molecule has 0 unspecified atom stereocenters. The molecule has 2 rings (SSSR count). The zero-order chi connectivity index (χ0) is 16.5. The van der Waals surface area contributed by atoms with E-state index in [4.69, 9.17) is 5.11 Å². The molecule has 22 heavy (non-hydrogen) atoms. The first-order valence-corrected chi connectivity index (χ1v) is 8.77. The summed E-state index contributed by atoms with van der Waals surface area (Å²) in [6, 6.07) is 0. The number of allylic oxidation sites excluding steroid dienone is 3. The van der Waals surface area contributed by atoms with Gasteiger partial charge in [-0.3, -0.25) is 0 Å². The van der Waals surface area contributed by atoms with Crippen LogP contribution in [0.4, 0.5) is 0 Å². The summed E-state index contributed by atoms with van der Waals surface area (Å²) in [6.45, 7) is 11.6. The monoisotopic (exact) mass is 304 g/mol. The number of carboxylic acids is 1. The van der Waals surface area contributed by atoms with E-state index in [2.05, 4.69) is 33.8 Å². The summed E-state index contributed by atoms with van der Waals surface area (Å²) in [6.07, 6.45) is 10.9. The Morgan fingerprint density at radius 3 is 2.73 bits per heavy atom. The highest BCUT2D eigenvalue weighted by Crippen LogP contribution is 2.61. The van der Waals surface area contributed by atoms with Crippen molar-refractivity contribution in [3.8, 4) is 0 Å². The maximum Gasteiger partial charge on any atom is 0.328 e. The van der Waals surface area contributed by atoms with Crippen LogP contribution in [0.25, 0.3) is 0 Å². The molecule has 2 heteroatoms. The molecule has 2 nitrogen and oxygen atoms in total. The zero-order valence-electron chi connectivity index (χ0n) is 14.9. The quantitative estimate of drug-likeness (QED) is 0.542. The molecule has 0 bridgehead atoms. The van der Waals surface area contributed by atoms with E-state index in [0.29, 0.717) is 16.7 Å². The van der Waals surface area contributed by atoms with Gasteiger partial charge >= 0.3 is 5.97 Å². The Morgan fingerprint density at radius 2 is 2.09 bits per heavy atom. The summed E-state index contributed by atoms with van der Waals surface area (Å²) in [5.74, 6) is 0.626. The summed E-state index contributed by atoms with van der Waals surface area (Å²) < 4.78 is 0. The molecule has 0 radical (unpaired) electrons. The zero-order valence-corrected chi connectivity index (χ0v) is 14.9. The third-order valence-electron chi connectivity index (χ3n) is 7.02. The molecule has 1 fully saturated rings. The van der Waals surface area contributed by atoms with Crippen molar-refractivity contribution < 1.29 is 9.90 Å². The minimum Gasteiger partial charge on any atom is -0.478 e. The predicted octanol–water partition coefficient (Wildman–Crippen LogP) is 5.60. The summed E-state index contributed by atoms with van der Waals surface area (Å²) >= 11 is 0. The van der Waals surface area contributed by atoms with Crippen LogP contribution in [0.3, 0.4) is 0 Å². The average Bonchev–Trinajstić information content (AvgIpc) is 2.43. The van der Waals surface area contributed by atoms with Gasteiger partial charge in [0, 0.05) is 6.08 Å². The number of fused-ring (bicyclic) bond motifs is 1. The Balaban J connectivity index is 2.22. The lowest BCUT2D eigenvalue weighted by atomic mass is 9.47. The second kappa shape index (κ2) is 6.22. The number of carboxylic acid groups (broad SMARTS) is 1. The second-order valence-electron chi connectivity index (χ2n) is 8.21. The number of rotatable bonds is 4. The van der Waals surface area contributed by atoms with Gasteiger partial charge < -0.3 is 5.11 Å². The van der Waals surface area contributed by atoms with Crippen LogP contribution < -0.4 is 0 Å². The van der Waals surface area contributed by atoms with Crippen LogP contribution in [0.15, 0.2) is 23.3 Å². The fourth-order valence-corrected chi connectivity index (χ4v) is 5.08. The molecule has 0 amide bonds. The molecule has 0 aliphatic heterocycles. The number of carbonyl (C=O) groups is 1. The average molecular weight is 304 g/mol. The van der Waals surface area contributed by atoms with Gasteiger partial charge in [0.15, 0.2) is 0 Å². The molecule has 1 N–H and O–H groups in total. The molecular formula is C20H32O2. The van der Waals surface area contributed by atoms with Crippen molar-refractivity contribution in [1.82, 2.24) is 0 Å². The SMILES string of the molecule is CC1=CCC[C@H]2[C@](C)(CC/C(C)=C/C(=O)O)[C@@H](C)CC[C@@]12C. The lowest BCUT2D eigenvalue weighted by Crippen LogP contribution is -2.49. The molecule has 124 valence electrons. The van der Waals surface area contributed by atoms with Gasteiger partial charge in [-0.25, -0.2) is 4.79 Å². The van der Waals surface area contributed by atoms with Gasteiger partial charge in [0.05, 0.1) is 0 Å². The molecule has 4 atom stereocenters. The lowest BCUT2D eigenvalue weighted by molar-refractivity contribution is -0.131. The van der Waals surface area contributed by atoms with E-state index >= 15 is 0 Å². The van der Waals surface area contributed by atoms with Crippen molar-refractivity contribution in [1.29, 1.82) is 0 Å². The minimum absolute atomic E-state index is 0.316. The minimum atomic E-state index is -0.819. The lowest BCUT2D eigenvalue weighted by Gasteiger charge is -2.58. The topological polar surface area (TPSA) is 37.3 Å².